The number of pyridine rings is 1. The lowest BCUT2D eigenvalue weighted by Gasteiger charge is -2.24. The molecule has 1 aliphatic rings. The Morgan fingerprint density at radius 3 is 2.40 bits per heavy atom. The van der Waals surface area contributed by atoms with Gasteiger partial charge in [0.1, 0.15) is 0 Å². The Balaban J connectivity index is 1.56. The zero-order valence-electron chi connectivity index (χ0n) is 20.3. The molecule has 1 amide bonds. The Hall–Kier alpha value is -3.67. The first-order valence-electron chi connectivity index (χ1n) is 12.2. The molecule has 0 aliphatic heterocycles. The third-order valence-corrected chi connectivity index (χ3v) is 7.01. The van der Waals surface area contributed by atoms with Crippen LogP contribution in [0.25, 0.3) is 11.1 Å². The number of nitrogens with zero attached hydrogens (tertiary/aromatic N) is 1. The van der Waals surface area contributed by atoms with Gasteiger partial charge in [0.05, 0.1) is 13.0 Å². The second-order valence-electron chi connectivity index (χ2n) is 9.21. The molecule has 182 valence electrons. The molecule has 6 nitrogen and oxygen atoms in total. The van der Waals surface area contributed by atoms with E-state index in [0.717, 1.165) is 59.2 Å². The van der Waals surface area contributed by atoms with E-state index in [9.17, 15) is 9.59 Å². The third-order valence-electron chi connectivity index (χ3n) is 7.01. The minimum Gasteiger partial charge on any atom is -0.481 e. The summed E-state index contributed by atoms with van der Waals surface area (Å²) in [4.78, 5) is 28.9. The number of ether oxygens (including phenoxy) is 1. The first kappa shape index (κ1) is 24.5. The number of nitrogens with one attached hydrogen (secondary N) is 1. The van der Waals surface area contributed by atoms with Gasteiger partial charge in [-0.2, -0.15) is 0 Å². The van der Waals surface area contributed by atoms with Crippen LogP contribution in [-0.4, -0.2) is 29.1 Å². The number of hydrogen-bond acceptors (Lipinski definition) is 4. The van der Waals surface area contributed by atoms with Crippen molar-refractivity contribution in [3.05, 3.63) is 77.5 Å². The number of rotatable bonds is 9. The second kappa shape index (κ2) is 11.2. The van der Waals surface area contributed by atoms with Gasteiger partial charge in [-0.25, -0.2) is 4.98 Å². The molecule has 0 unspecified atom stereocenters. The predicted molar refractivity (Wildman–Crippen MR) is 137 cm³/mol. The van der Waals surface area contributed by atoms with Gasteiger partial charge >= 0.3 is 5.97 Å². The van der Waals surface area contributed by atoms with Gasteiger partial charge in [-0.1, -0.05) is 49.2 Å². The highest BCUT2D eigenvalue weighted by Crippen LogP contribution is 2.39. The van der Waals surface area contributed by atoms with E-state index in [0.29, 0.717) is 18.2 Å². The minimum atomic E-state index is -0.825. The number of methoxy groups -OCH3 is 1. The number of carbonyl (C=O) groups excluding carboxylic acids is 1. The number of amides is 1. The number of aryl methyl sites for hydroxylation is 1. The van der Waals surface area contributed by atoms with Crippen molar-refractivity contribution in [3.8, 4) is 17.0 Å². The van der Waals surface area contributed by atoms with Crippen molar-refractivity contribution in [2.45, 2.75) is 51.4 Å². The number of carboxylic acid groups (broad SMARTS) is 1. The molecule has 0 spiro atoms. The largest absolute Gasteiger partial charge is 0.481 e. The van der Waals surface area contributed by atoms with Crippen LogP contribution in [0, 0.1) is 12.8 Å². The number of carbonyl (C=O) groups is 2. The molecule has 1 atom stereocenters. The Bertz CT molecular complexity index is 1170. The topological polar surface area (TPSA) is 88.5 Å². The number of carboxylic acids is 1. The Kier molecular flexibility index (Phi) is 7.80. The van der Waals surface area contributed by atoms with Crippen LogP contribution < -0.4 is 10.1 Å². The van der Waals surface area contributed by atoms with Crippen molar-refractivity contribution in [3.63, 3.8) is 0 Å². The van der Waals surface area contributed by atoms with Gasteiger partial charge in [0.2, 0.25) is 11.8 Å². The number of aromatic nitrogens is 1. The number of hydrogen-bond donors (Lipinski definition) is 2. The van der Waals surface area contributed by atoms with Gasteiger partial charge in [-0.05, 0) is 66.5 Å². The van der Waals surface area contributed by atoms with Crippen LogP contribution in [-0.2, 0) is 16.0 Å². The second-order valence-corrected chi connectivity index (χ2v) is 9.21. The normalized spacial score (nSPS) is 14.5. The van der Waals surface area contributed by atoms with Crippen LogP contribution in [0.4, 0.5) is 5.69 Å². The lowest BCUT2D eigenvalue weighted by Crippen LogP contribution is -2.27. The minimum absolute atomic E-state index is 0.00533. The SMILES string of the molecule is COc1ccc(-c2ccc([C@H](C(=O)Nc3cccc(CCC(=O)O)c3C)C3CCCC3)cc2)cn1. The van der Waals surface area contributed by atoms with Gasteiger partial charge in [-0.15, -0.1) is 0 Å². The Labute approximate surface area is 206 Å². The molecule has 1 fully saturated rings. The van der Waals surface area contributed by atoms with Crippen molar-refractivity contribution in [1.29, 1.82) is 0 Å². The number of anilines is 1. The maximum Gasteiger partial charge on any atom is 0.303 e. The van der Waals surface area contributed by atoms with E-state index in [2.05, 4.69) is 22.4 Å². The summed E-state index contributed by atoms with van der Waals surface area (Å²) in [5.74, 6) is -0.185. The van der Waals surface area contributed by atoms with Crippen molar-refractivity contribution < 1.29 is 19.4 Å². The highest BCUT2D eigenvalue weighted by Gasteiger charge is 2.32. The summed E-state index contributed by atoms with van der Waals surface area (Å²) in [6, 6.07) is 17.7. The maximum absolute atomic E-state index is 13.6. The molecule has 6 heteroatoms. The van der Waals surface area contributed by atoms with Crippen LogP contribution in [0.3, 0.4) is 0 Å². The quantitative estimate of drug-likeness (QED) is 0.399. The van der Waals surface area contributed by atoms with E-state index in [-0.39, 0.29) is 18.2 Å². The maximum atomic E-state index is 13.6. The molecule has 35 heavy (non-hydrogen) atoms. The number of aliphatic carboxylic acids is 1. The monoisotopic (exact) mass is 472 g/mol. The molecular formula is C29H32N2O4. The fraction of sp³-hybridized carbons (Fsp3) is 0.345. The van der Waals surface area contributed by atoms with Crippen LogP contribution in [0.2, 0.25) is 0 Å². The van der Waals surface area contributed by atoms with Crippen molar-refractivity contribution in [2.24, 2.45) is 5.92 Å². The summed E-state index contributed by atoms with van der Waals surface area (Å²) >= 11 is 0. The summed E-state index contributed by atoms with van der Waals surface area (Å²) in [5.41, 5.74) is 5.67. The van der Waals surface area contributed by atoms with Gasteiger partial charge in [0.15, 0.2) is 0 Å². The molecule has 2 N–H and O–H groups in total. The fourth-order valence-corrected chi connectivity index (χ4v) is 5.02. The highest BCUT2D eigenvalue weighted by atomic mass is 16.5. The van der Waals surface area contributed by atoms with Crippen molar-refractivity contribution >= 4 is 17.6 Å². The molecular weight excluding hydrogens is 440 g/mol. The molecule has 2 aromatic carbocycles. The van der Waals surface area contributed by atoms with Crippen molar-refractivity contribution in [1.82, 2.24) is 4.98 Å². The lowest BCUT2D eigenvalue weighted by atomic mass is 9.83. The van der Waals surface area contributed by atoms with Gasteiger partial charge < -0.3 is 15.2 Å². The molecule has 1 heterocycles. The van der Waals surface area contributed by atoms with Crippen LogP contribution in [0.5, 0.6) is 5.88 Å². The molecule has 0 saturated heterocycles. The predicted octanol–water partition coefficient (Wildman–Crippen LogP) is 6.00. The molecule has 0 bridgehead atoms. The third kappa shape index (κ3) is 5.88. The van der Waals surface area contributed by atoms with E-state index in [1.807, 2.05) is 49.4 Å². The lowest BCUT2D eigenvalue weighted by molar-refractivity contribution is -0.137. The van der Waals surface area contributed by atoms with E-state index in [1.165, 1.54) is 0 Å². The van der Waals surface area contributed by atoms with E-state index in [1.54, 1.807) is 13.3 Å². The van der Waals surface area contributed by atoms with Crippen molar-refractivity contribution in [2.75, 3.05) is 12.4 Å². The summed E-state index contributed by atoms with van der Waals surface area (Å²) in [5, 5.41) is 12.2. The van der Waals surface area contributed by atoms with Gasteiger partial charge in [0.25, 0.3) is 0 Å². The summed E-state index contributed by atoms with van der Waals surface area (Å²) in [6.07, 6.45) is 6.67. The molecule has 1 saturated carbocycles. The van der Waals surface area contributed by atoms with E-state index < -0.39 is 5.97 Å². The Morgan fingerprint density at radius 2 is 1.77 bits per heavy atom. The summed E-state index contributed by atoms with van der Waals surface area (Å²) in [7, 11) is 1.60. The molecule has 3 aromatic rings. The average molecular weight is 473 g/mol. The zero-order valence-corrected chi connectivity index (χ0v) is 20.3. The zero-order chi connectivity index (χ0) is 24.8. The first-order chi connectivity index (χ1) is 17.0. The van der Waals surface area contributed by atoms with Crippen LogP contribution in [0.1, 0.15) is 54.7 Å². The smallest absolute Gasteiger partial charge is 0.303 e. The van der Waals surface area contributed by atoms with E-state index >= 15 is 0 Å². The van der Waals surface area contributed by atoms with Gasteiger partial charge in [0, 0.05) is 29.9 Å². The average Bonchev–Trinajstić information content (AvgIpc) is 3.39. The highest BCUT2D eigenvalue weighted by molar-refractivity contribution is 5.97. The molecule has 1 aliphatic carbocycles. The Morgan fingerprint density at radius 1 is 1.06 bits per heavy atom. The first-order valence-corrected chi connectivity index (χ1v) is 12.2. The molecule has 1 aromatic heterocycles. The van der Waals surface area contributed by atoms with Gasteiger partial charge in [-0.3, -0.25) is 9.59 Å². The fourth-order valence-electron chi connectivity index (χ4n) is 5.02. The molecule has 4 rings (SSSR count). The summed E-state index contributed by atoms with van der Waals surface area (Å²) in [6.45, 7) is 1.94. The van der Waals surface area contributed by atoms with Crippen LogP contribution >= 0.6 is 0 Å². The van der Waals surface area contributed by atoms with Crippen LogP contribution in [0.15, 0.2) is 60.8 Å². The van der Waals surface area contributed by atoms with E-state index in [4.69, 9.17) is 9.84 Å². The molecule has 0 radical (unpaired) electrons. The number of benzene rings is 2. The summed E-state index contributed by atoms with van der Waals surface area (Å²) < 4.78 is 5.15. The standard InChI is InChI=1S/C29H32N2O4/c1-19-20(15-17-27(32)33)8-5-9-25(19)31-29(34)28(22-6-3-4-7-22)23-12-10-21(11-13-23)24-14-16-26(35-2)30-18-24/h5,8-14,16,18,22,28H,3-4,6-7,15,17H2,1-2H3,(H,31,34)(H,32,33)/t28-/m1/s1.